The smallest absolute Gasteiger partial charge is 0.240 e. The minimum atomic E-state index is -3.71. The number of hydrogen-bond acceptors (Lipinski definition) is 3. The highest BCUT2D eigenvalue weighted by atomic mass is 32.2. The van der Waals surface area contributed by atoms with E-state index in [-0.39, 0.29) is 29.8 Å². The zero-order valence-corrected chi connectivity index (χ0v) is 14.6. The maximum atomic E-state index is 12.8. The molecular formula is C17H25FN2O3S. The van der Waals surface area contributed by atoms with Crippen molar-refractivity contribution in [1.29, 1.82) is 0 Å². The first-order valence-electron chi connectivity index (χ1n) is 8.52. The minimum absolute atomic E-state index is 0.00988. The number of amides is 1. The van der Waals surface area contributed by atoms with E-state index in [2.05, 4.69) is 10.0 Å². The highest BCUT2D eigenvalue weighted by molar-refractivity contribution is 7.89. The third kappa shape index (κ3) is 6.20. The van der Waals surface area contributed by atoms with Crippen LogP contribution in [0.15, 0.2) is 29.2 Å². The van der Waals surface area contributed by atoms with Crippen LogP contribution in [0, 0.1) is 5.82 Å². The quantitative estimate of drug-likeness (QED) is 0.823. The first-order valence-corrected chi connectivity index (χ1v) is 10.0. The van der Waals surface area contributed by atoms with E-state index in [0.717, 1.165) is 37.8 Å². The van der Waals surface area contributed by atoms with Crippen LogP contribution in [0.4, 0.5) is 4.39 Å². The number of rotatable bonds is 6. The normalized spacial score (nSPS) is 17.0. The van der Waals surface area contributed by atoms with E-state index in [1.165, 1.54) is 31.4 Å². The van der Waals surface area contributed by atoms with E-state index in [0.29, 0.717) is 0 Å². The van der Waals surface area contributed by atoms with Crippen molar-refractivity contribution in [3.05, 3.63) is 30.1 Å². The Bertz CT molecular complexity index is 624. The molecule has 0 unspecified atom stereocenters. The van der Waals surface area contributed by atoms with Gasteiger partial charge in [-0.3, -0.25) is 4.79 Å². The van der Waals surface area contributed by atoms with Crippen LogP contribution < -0.4 is 10.0 Å². The average molecular weight is 356 g/mol. The van der Waals surface area contributed by atoms with E-state index in [1.54, 1.807) is 0 Å². The lowest BCUT2D eigenvalue weighted by atomic mass is 9.96. The predicted molar refractivity (Wildman–Crippen MR) is 90.5 cm³/mol. The van der Waals surface area contributed by atoms with Gasteiger partial charge in [0, 0.05) is 19.0 Å². The predicted octanol–water partition coefficient (Wildman–Crippen LogP) is 2.72. The zero-order chi connectivity index (χ0) is 17.4. The third-order valence-corrected chi connectivity index (χ3v) is 5.72. The summed E-state index contributed by atoms with van der Waals surface area (Å²) < 4.78 is 39.3. The summed E-state index contributed by atoms with van der Waals surface area (Å²) >= 11 is 0. The number of benzene rings is 1. The van der Waals surface area contributed by atoms with Crippen molar-refractivity contribution in [1.82, 2.24) is 10.0 Å². The standard InChI is InChI=1S/C17H25FN2O3S/c18-14-8-10-16(11-9-14)24(22,23)19-13-12-17(21)20-15-6-4-2-1-3-5-7-15/h8-11,15,19H,1-7,12-13H2,(H,20,21). The molecule has 1 fully saturated rings. The molecule has 1 amide bonds. The Balaban J connectivity index is 1.76. The maximum Gasteiger partial charge on any atom is 0.240 e. The molecule has 1 aliphatic carbocycles. The highest BCUT2D eigenvalue weighted by Crippen LogP contribution is 2.17. The van der Waals surface area contributed by atoms with Crippen LogP contribution >= 0.6 is 0 Å². The van der Waals surface area contributed by atoms with Gasteiger partial charge in [-0.15, -0.1) is 0 Å². The fourth-order valence-electron chi connectivity index (χ4n) is 2.90. The third-order valence-electron chi connectivity index (χ3n) is 4.24. The van der Waals surface area contributed by atoms with Gasteiger partial charge in [-0.25, -0.2) is 17.5 Å². The fraction of sp³-hybridized carbons (Fsp3) is 0.588. The Morgan fingerprint density at radius 1 is 1.04 bits per heavy atom. The lowest BCUT2D eigenvalue weighted by Gasteiger charge is -2.21. The largest absolute Gasteiger partial charge is 0.353 e. The van der Waals surface area contributed by atoms with Crippen LogP contribution in [-0.2, 0) is 14.8 Å². The maximum absolute atomic E-state index is 12.8. The van der Waals surface area contributed by atoms with Gasteiger partial charge in [0.05, 0.1) is 4.90 Å². The van der Waals surface area contributed by atoms with Gasteiger partial charge in [-0.05, 0) is 37.1 Å². The lowest BCUT2D eigenvalue weighted by Crippen LogP contribution is -2.37. The van der Waals surface area contributed by atoms with E-state index >= 15 is 0 Å². The molecule has 0 spiro atoms. The van der Waals surface area contributed by atoms with Crippen LogP contribution in [0.25, 0.3) is 0 Å². The SMILES string of the molecule is O=C(CCNS(=O)(=O)c1ccc(F)cc1)NC1CCCCCCC1. The van der Waals surface area contributed by atoms with Crippen molar-refractivity contribution in [2.75, 3.05) is 6.54 Å². The number of nitrogens with one attached hydrogen (secondary N) is 2. The summed E-state index contributed by atoms with van der Waals surface area (Å²) in [6, 6.07) is 4.79. The van der Waals surface area contributed by atoms with Crippen LogP contribution in [0.3, 0.4) is 0 Å². The molecule has 1 saturated carbocycles. The number of sulfonamides is 1. The first kappa shape index (κ1) is 18.9. The first-order chi connectivity index (χ1) is 11.5. The van der Waals surface area contributed by atoms with Gasteiger partial charge in [-0.2, -0.15) is 0 Å². The summed E-state index contributed by atoms with van der Waals surface area (Å²) in [6.07, 6.45) is 8.03. The van der Waals surface area contributed by atoms with E-state index < -0.39 is 15.8 Å². The average Bonchev–Trinajstić information content (AvgIpc) is 2.50. The number of hydrogen-bond donors (Lipinski definition) is 2. The van der Waals surface area contributed by atoms with Gasteiger partial charge in [0.1, 0.15) is 5.82 Å². The van der Waals surface area contributed by atoms with Gasteiger partial charge < -0.3 is 5.32 Å². The molecule has 2 N–H and O–H groups in total. The summed E-state index contributed by atoms with van der Waals surface area (Å²) in [5.74, 6) is -0.630. The van der Waals surface area contributed by atoms with Crippen molar-refractivity contribution in [2.45, 2.75) is 62.3 Å². The monoisotopic (exact) mass is 356 g/mol. The summed E-state index contributed by atoms with van der Waals surface area (Å²) in [7, 11) is -3.71. The number of carbonyl (C=O) groups excluding carboxylic acids is 1. The second kappa shape index (κ2) is 9.13. The Kier molecular flexibility index (Phi) is 7.17. The Hall–Kier alpha value is -1.47. The van der Waals surface area contributed by atoms with Crippen molar-refractivity contribution in [3.63, 3.8) is 0 Å². The van der Waals surface area contributed by atoms with Gasteiger partial charge in [-0.1, -0.05) is 32.1 Å². The van der Waals surface area contributed by atoms with Crippen LogP contribution in [-0.4, -0.2) is 26.9 Å². The number of halogens is 1. The number of carbonyl (C=O) groups is 1. The van der Waals surface area contributed by atoms with E-state index in [4.69, 9.17) is 0 Å². The summed E-state index contributed by atoms with van der Waals surface area (Å²) in [6.45, 7) is 0.0261. The highest BCUT2D eigenvalue weighted by Gasteiger charge is 2.16. The van der Waals surface area contributed by atoms with Crippen molar-refractivity contribution >= 4 is 15.9 Å². The van der Waals surface area contributed by atoms with Gasteiger partial charge in [0.15, 0.2) is 0 Å². The van der Waals surface area contributed by atoms with E-state index in [9.17, 15) is 17.6 Å². The van der Waals surface area contributed by atoms with Gasteiger partial charge >= 0.3 is 0 Å². The summed E-state index contributed by atoms with van der Waals surface area (Å²) in [4.78, 5) is 12.0. The molecule has 1 aromatic rings. The van der Waals surface area contributed by atoms with Crippen LogP contribution in [0.2, 0.25) is 0 Å². The van der Waals surface area contributed by atoms with Gasteiger partial charge in [0.25, 0.3) is 0 Å². The molecule has 1 aliphatic rings. The van der Waals surface area contributed by atoms with Crippen LogP contribution in [0.1, 0.15) is 51.4 Å². The van der Waals surface area contributed by atoms with Crippen molar-refractivity contribution in [2.24, 2.45) is 0 Å². The Morgan fingerprint density at radius 3 is 2.25 bits per heavy atom. The second-order valence-corrected chi connectivity index (χ2v) is 7.98. The molecule has 0 aromatic heterocycles. The van der Waals surface area contributed by atoms with Crippen molar-refractivity contribution in [3.8, 4) is 0 Å². The molecule has 0 bridgehead atoms. The van der Waals surface area contributed by atoms with Crippen LogP contribution in [0.5, 0.6) is 0 Å². The molecular weight excluding hydrogens is 331 g/mol. The Morgan fingerprint density at radius 2 is 1.62 bits per heavy atom. The van der Waals surface area contributed by atoms with Crippen molar-refractivity contribution < 1.29 is 17.6 Å². The lowest BCUT2D eigenvalue weighted by molar-refractivity contribution is -0.121. The summed E-state index contributed by atoms with van der Waals surface area (Å²) in [5, 5.41) is 3.00. The molecule has 1 aromatic carbocycles. The Labute approximate surface area is 143 Å². The molecule has 134 valence electrons. The molecule has 5 nitrogen and oxygen atoms in total. The zero-order valence-electron chi connectivity index (χ0n) is 13.8. The molecule has 0 radical (unpaired) electrons. The molecule has 0 saturated heterocycles. The fourth-order valence-corrected chi connectivity index (χ4v) is 3.93. The second-order valence-electron chi connectivity index (χ2n) is 6.21. The summed E-state index contributed by atoms with van der Waals surface area (Å²) in [5.41, 5.74) is 0. The molecule has 0 aliphatic heterocycles. The minimum Gasteiger partial charge on any atom is -0.353 e. The van der Waals surface area contributed by atoms with Gasteiger partial charge in [0.2, 0.25) is 15.9 Å². The van der Waals surface area contributed by atoms with E-state index in [1.807, 2.05) is 0 Å². The molecule has 7 heteroatoms. The molecule has 0 heterocycles. The molecule has 2 rings (SSSR count). The topological polar surface area (TPSA) is 75.3 Å². The molecule has 24 heavy (non-hydrogen) atoms. The molecule has 0 atom stereocenters.